The predicted octanol–water partition coefficient (Wildman–Crippen LogP) is 1.66. The van der Waals surface area contributed by atoms with Crippen LogP contribution in [0.1, 0.15) is 17.3 Å². The zero-order chi connectivity index (χ0) is 16.0. The maximum absolute atomic E-state index is 12.2. The van der Waals surface area contributed by atoms with Crippen molar-refractivity contribution in [3.8, 4) is 5.75 Å². The second-order valence-corrected chi connectivity index (χ2v) is 5.23. The topological polar surface area (TPSA) is 93.5 Å². The second-order valence-electron chi connectivity index (χ2n) is 4.38. The molecule has 1 aromatic carbocycles. The number of nitro benzene ring substituents is 1. The molecule has 1 rings (SSSR count). The molecule has 116 valence electrons. The van der Waals surface area contributed by atoms with E-state index in [0.29, 0.717) is 17.2 Å². The number of hydrogen-bond acceptors (Lipinski definition) is 6. The SMILES string of the molecule is CNC(C)CNC(=O)c1cc(SC)c(OC)cc1[N+](=O)[O-]. The summed E-state index contributed by atoms with van der Waals surface area (Å²) in [6, 6.07) is 2.84. The number of nitrogens with one attached hydrogen (secondary N) is 2. The molecule has 0 bridgehead atoms. The Morgan fingerprint density at radius 1 is 1.52 bits per heavy atom. The summed E-state index contributed by atoms with van der Waals surface area (Å²) >= 11 is 1.36. The highest BCUT2D eigenvalue weighted by atomic mass is 32.2. The Kier molecular flexibility index (Phi) is 6.44. The molecule has 1 unspecified atom stereocenters. The van der Waals surface area contributed by atoms with Gasteiger partial charge in [-0.2, -0.15) is 0 Å². The quantitative estimate of drug-likeness (QED) is 0.452. The molecule has 0 aromatic heterocycles. The zero-order valence-electron chi connectivity index (χ0n) is 12.4. The molecule has 0 aliphatic heterocycles. The minimum Gasteiger partial charge on any atom is -0.495 e. The van der Waals surface area contributed by atoms with Gasteiger partial charge in [0.25, 0.3) is 11.6 Å². The van der Waals surface area contributed by atoms with Gasteiger partial charge in [0.1, 0.15) is 11.3 Å². The van der Waals surface area contributed by atoms with Crippen molar-refractivity contribution in [1.82, 2.24) is 10.6 Å². The second kappa shape index (κ2) is 7.84. The van der Waals surface area contributed by atoms with Crippen LogP contribution in [-0.4, -0.2) is 43.8 Å². The molecule has 21 heavy (non-hydrogen) atoms. The molecule has 0 fully saturated rings. The number of methoxy groups -OCH3 is 1. The third-order valence-electron chi connectivity index (χ3n) is 3.00. The number of benzene rings is 1. The molecule has 0 saturated carbocycles. The van der Waals surface area contributed by atoms with Gasteiger partial charge in [0.15, 0.2) is 0 Å². The highest BCUT2D eigenvalue weighted by molar-refractivity contribution is 7.98. The summed E-state index contributed by atoms with van der Waals surface area (Å²) in [7, 11) is 3.21. The fourth-order valence-electron chi connectivity index (χ4n) is 1.64. The fraction of sp³-hybridized carbons (Fsp3) is 0.462. The van der Waals surface area contributed by atoms with E-state index in [1.54, 1.807) is 7.05 Å². The number of nitro groups is 1. The maximum atomic E-state index is 12.2. The summed E-state index contributed by atoms with van der Waals surface area (Å²) < 4.78 is 5.11. The smallest absolute Gasteiger partial charge is 0.285 e. The van der Waals surface area contributed by atoms with Crippen molar-refractivity contribution in [1.29, 1.82) is 0 Å². The molecule has 0 spiro atoms. The molecule has 0 heterocycles. The molecule has 0 radical (unpaired) electrons. The number of hydrogen-bond donors (Lipinski definition) is 2. The highest BCUT2D eigenvalue weighted by Gasteiger charge is 2.23. The zero-order valence-corrected chi connectivity index (χ0v) is 13.2. The van der Waals surface area contributed by atoms with Crippen molar-refractivity contribution in [2.75, 3.05) is 27.0 Å². The lowest BCUT2D eigenvalue weighted by atomic mass is 10.1. The summed E-state index contributed by atoms with van der Waals surface area (Å²) in [4.78, 5) is 23.4. The number of thioether (sulfide) groups is 1. The maximum Gasteiger partial charge on any atom is 0.285 e. The molecular weight excluding hydrogens is 294 g/mol. The van der Waals surface area contributed by atoms with Gasteiger partial charge in [-0.3, -0.25) is 14.9 Å². The average molecular weight is 313 g/mol. The fourth-order valence-corrected chi connectivity index (χ4v) is 2.22. The Bertz CT molecular complexity index is 536. The first kappa shape index (κ1) is 17.3. The van der Waals surface area contributed by atoms with Crippen molar-refractivity contribution < 1.29 is 14.5 Å². The molecule has 1 amide bonds. The van der Waals surface area contributed by atoms with Crippen molar-refractivity contribution >= 4 is 23.4 Å². The number of amides is 1. The normalized spacial score (nSPS) is 11.8. The third kappa shape index (κ3) is 4.33. The van der Waals surface area contributed by atoms with Crippen LogP contribution >= 0.6 is 11.8 Å². The number of carbonyl (C=O) groups excluding carboxylic acids is 1. The Labute approximate surface area is 127 Å². The van der Waals surface area contributed by atoms with E-state index in [1.807, 2.05) is 13.2 Å². The minimum atomic E-state index is -0.580. The summed E-state index contributed by atoms with van der Waals surface area (Å²) in [6.45, 7) is 2.28. The predicted molar refractivity (Wildman–Crippen MR) is 82.3 cm³/mol. The van der Waals surface area contributed by atoms with E-state index < -0.39 is 10.8 Å². The van der Waals surface area contributed by atoms with Crippen LogP contribution in [0.3, 0.4) is 0 Å². The number of rotatable bonds is 7. The van der Waals surface area contributed by atoms with Gasteiger partial charge >= 0.3 is 0 Å². The first-order valence-electron chi connectivity index (χ1n) is 6.30. The van der Waals surface area contributed by atoms with Gasteiger partial charge in [0.2, 0.25) is 0 Å². The minimum absolute atomic E-state index is 0.0356. The first-order valence-corrected chi connectivity index (χ1v) is 7.52. The summed E-state index contributed by atoms with van der Waals surface area (Å²) in [5.74, 6) is -0.0869. The van der Waals surface area contributed by atoms with Crippen molar-refractivity contribution in [2.45, 2.75) is 17.9 Å². The van der Waals surface area contributed by atoms with Crippen LogP contribution in [-0.2, 0) is 0 Å². The van der Waals surface area contributed by atoms with Crippen LogP contribution in [0.4, 0.5) is 5.69 Å². The van der Waals surface area contributed by atoms with E-state index >= 15 is 0 Å². The van der Waals surface area contributed by atoms with E-state index in [0.717, 1.165) is 0 Å². The van der Waals surface area contributed by atoms with Crippen molar-refractivity contribution in [3.05, 3.63) is 27.8 Å². The molecule has 7 nitrogen and oxygen atoms in total. The van der Waals surface area contributed by atoms with Gasteiger partial charge in [-0.25, -0.2) is 0 Å². The van der Waals surface area contributed by atoms with E-state index in [9.17, 15) is 14.9 Å². The van der Waals surface area contributed by atoms with Crippen LogP contribution in [0.15, 0.2) is 17.0 Å². The van der Waals surface area contributed by atoms with Gasteiger partial charge in [-0.1, -0.05) is 0 Å². The standard InChI is InChI=1S/C13H19N3O4S/c1-8(14-2)7-15-13(17)9-5-12(21-4)11(20-3)6-10(9)16(18)19/h5-6,8,14H,7H2,1-4H3,(H,15,17). The van der Waals surface area contributed by atoms with Gasteiger partial charge in [0.05, 0.1) is 23.0 Å². The van der Waals surface area contributed by atoms with Crippen LogP contribution < -0.4 is 15.4 Å². The molecule has 0 aliphatic carbocycles. The van der Waals surface area contributed by atoms with Gasteiger partial charge in [0, 0.05) is 12.6 Å². The van der Waals surface area contributed by atoms with Crippen LogP contribution in [0.5, 0.6) is 5.75 Å². The Hall–Kier alpha value is -1.80. The van der Waals surface area contributed by atoms with Crippen LogP contribution in [0.2, 0.25) is 0 Å². The largest absolute Gasteiger partial charge is 0.495 e. The van der Waals surface area contributed by atoms with Crippen LogP contribution in [0.25, 0.3) is 0 Å². The number of ether oxygens (including phenoxy) is 1. The molecular formula is C13H19N3O4S. The molecule has 0 saturated heterocycles. The molecule has 2 N–H and O–H groups in total. The molecule has 1 aromatic rings. The summed E-state index contributed by atoms with van der Waals surface area (Å²) in [5.41, 5.74) is -0.229. The highest BCUT2D eigenvalue weighted by Crippen LogP contribution is 2.34. The lowest BCUT2D eigenvalue weighted by Crippen LogP contribution is -2.37. The number of nitrogens with zero attached hydrogens (tertiary/aromatic N) is 1. The molecule has 8 heteroatoms. The lowest BCUT2D eigenvalue weighted by molar-refractivity contribution is -0.385. The van der Waals surface area contributed by atoms with E-state index in [1.165, 1.54) is 31.0 Å². The van der Waals surface area contributed by atoms with Crippen molar-refractivity contribution in [3.63, 3.8) is 0 Å². The summed E-state index contributed by atoms with van der Waals surface area (Å²) in [5, 5.41) is 16.8. The Morgan fingerprint density at radius 2 is 2.19 bits per heavy atom. The number of carbonyl (C=O) groups is 1. The molecule has 1 atom stereocenters. The summed E-state index contributed by atoms with van der Waals surface area (Å²) in [6.07, 6.45) is 1.81. The average Bonchev–Trinajstić information content (AvgIpc) is 2.50. The van der Waals surface area contributed by atoms with Gasteiger partial charge in [-0.05, 0) is 26.3 Å². The van der Waals surface area contributed by atoms with Crippen LogP contribution in [0, 0.1) is 10.1 Å². The molecule has 0 aliphatic rings. The number of likely N-dealkylation sites (N-methyl/N-ethyl adjacent to an activating group) is 1. The first-order chi connectivity index (χ1) is 9.94. The van der Waals surface area contributed by atoms with Gasteiger partial charge < -0.3 is 15.4 Å². The lowest BCUT2D eigenvalue weighted by Gasteiger charge is -2.13. The van der Waals surface area contributed by atoms with Gasteiger partial charge in [-0.15, -0.1) is 11.8 Å². The van der Waals surface area contributed by atoms with E-state index in [2.05, 4.69) is 10.6 Å². The monoisotopic (exact) mass is 313 g/mol. The third-order valence-corrected chi connectivity index (χ3v) is 3.76. The van der Waals surface area contributed by atoms with Crippen molar-refractivity contribution in [2.24, 2.45) is 0 Å². The Balaban J connectivity index is 3.14. The van der Waals surface area contributed by atoms with E-state index in [4.69, 9.17) is 4.74 Å². The Morgan fingerprint density at radius 3 is 2.67 bits per heavy atom. The van der Waals surface area contributed by atoms with E-state index in [-0.39, 0.29) is 17.3 Å².